The Hall–Kier alpha value is -0.690. The van der Waals surface area contributed by atoms with Gasteiger partial charge in [0.2, 0.25) is 0 Å². The quantitative estimate of drug-likeness (QED) is 0.274. The van der Waals surface area contributed by atoms with Crippen molar-refractivity contribution in [3.8, 4) is 0 Å². The summed E-state index contributed by atoms with van der Waals surface area (Å²) in [6, 6.07) is -0.924. The van der Waals surface area contributed by atoms with Gasteiger partial charge in [-0.15, -0.1) is 0 Å². The highest BCUT2D eigenvalue weighted by atomic mass is 16.7. The van der Waals surface area contributed by atoms with Crippen molar-refractivity contribution in [3.05, 3.63) is 0 Å². The van der Waals surface area contributed by atoms with Gasteiger partial charge < -0.3 is 45.1 Å². The summed E-state index contributed by atoms with van der Waals surface area (Å²) < 4.78 is 15.8. The number of hydrogen-bond acceptors (Lipinski definition) is 10. The van der Waals surface area contributed by atoms with Gasteiger partial charge in [-0.05, 0) is 14.0 Å². The predicted octanol–water partition coefficient (Wildman–Crippen LogP) is -3.93. The van der Waals surface area contributed by atoms with Crippen molar-refractivity contribution in [1.82, 2.24) is 5.32 Å². The largest absolute Gasteiger partial charge is 0.394 e. The Labute approximate surface area is 132 Å². The lowest BCUT2D eigenvalue weighted by molar-refractivity contribution is -0.302. The maximum Gasteiger partial charge on any atom is 0.185 e. The lowest BCUT2D eigenvalue weighted by atomic mass is 9.94. The molecule has 2 fully saturated rings. The van der Waals surface area contributed by atoms with E-state index in [4.69, 9.17) is 14.2 Å². The molecule has 6 N–H and O–H groups in total. The molecule has 0 aromatic rings. The fourth-order valence-corrected chi connectivity index (χ4v) is 2.84. The van der Waals surface area contributed by atoms with Gasteiger partial charge in [0.1, 0.15) is 24.4 Å². The van der Waals surface area contributed by atoms with Gasteiger partial charge in [-0.2, -0.15) is 0 Å². The summed E-state index contributed by atoms with van der Waals surface area (Å²) in [5, 5.41) is 52.0. The van der Waals surface area contributed by atoms with Gasteiger partial charge >= 0.3 is 0 Å². The van der Waals surface area contributed by atoms with Gasteiger partial charge in [-0.25, -0.2) is 0 Å². The van der Waals surface area contributed by atoms with E-state index in [9.17, 15) is 30.3 Å². The molecule has 0 unspecified atom stereocenters. The van der Waals surface area contributed by atoms with E-state index in [0.29, 0.717) is 0 Å². The van der Waals surface area contributed by atoms with E-state index in [2.05, 4.69) is 5.32 Å². The van der Waals surface area contributed by atoms with Crippen LogP contribution in [-0.4, -0.2) is 100 Å². The van der Waals surface area contributed by atoms with Crippen molar-refractivity contribution >= 4 is 6.29 Å². The molecule has 134 valence electrons. The highest BCUT2D eigenvalue weighted by molar-refractivity contribution is 5.65. The van der Waals surface area contributed by atoms with Crippen LogP contribution in [0.25, 0.3) is 0 Å². The zero-order valence-corrected chi connectivity index (χ0v) is 12.8. The molecule has 2 saturated heterocycles. The van der Waals surface area contributed by atoms with E-state index >= 15 is 0 Å². The average Bonchev–Trinajstić information content (AvgIpc) is 2.74. The summed E-state index contributed by atoms with van der Waals surface area (Å²) in [6.07, 6.45) is -8.92. The monoisotopic (exact) mass is 337 g/mol. The van der Waals surface area contributed by atoms with Crippen LogP contribution in [0.1, 0.15) is 6.92 Å². The zero-order chi connectivity index (χ0) is 17.4. The van der Waals surface area contributed by atoms with Crippen molar-refractivity contribution in [2.45, 2.75) is 61.7 Å². The number of nitrogens with one attached hydrogen (secondary N) is 1. The molecule has 0 saturated carbocycles. The minimum absolute atomic E-state index is 0.213. The second-order valence-corrected chi connectivity index (χ2v) is 5.75. The van der Waals surface area contributed by atoms with Crippen LogP contribution < -0.4 is 5.32 Å². The third-order valence-corrected chi connectivity index (χ3v) is 4.39. The molecule has 2 aliphatic heterocycles. The van der Waals surface area contributed by atoms with Crippen LogP contribution in [-0.2, 0) is 19.0 Å². The molecular formula is C13H23NO9. The standard InChI is InChI=1S/C13H23NO9/c1-5-13(20,4-16)10(11(19)21-5)23-12-7(14-2)9(18)8(17)6(3-15)22-12/h4-12,14-15,17-20H,3H2,1-2H3/t5-,6-,7-,8-,9-,10-,11+,12-,13+/m0/s1. The first-order valence-corrected chi connectivity index (χ1v) is 7.27. The topological polar surface area (TPSA) is 158 Å². The number of aliphatic hydroxyl groups excluding tert-OH is 4. The number of hydrogen-bond donors (Lipinski definition) is 6. The Morgan fingerprint density at radius 3 is 2.43 bits per heavy atom. The number of carbonyl (C=O) groups excluding carboxylic acids is 1. The van der Waals surface area contributed by atoms with Crippen LogP contribution in [0.3, 0.4) is 0 Å². The van der Waals surface area contributed by atoms with E-state index in [-0.39, 0.29) is 6.29 Å². The lowest BCUT2D eigenvalue weighted by Crippen LogP contribution is -2.65. The number of carbonyl (C=O) groups is 1. The van der Waals surface area contributed by atoms with E-state index in [1.54, 1.807) is 0 Å². The Morgan fingerprint density at radius 2 is 1.91 bits per heavy atom. The summed E-state index contributed by atoms with van der Waals surface area (Å²) in [4.78, 5) is 11.2. The van der Waals surface area contributed by atoms with Gasteiger partial charge in [0.15, 0.2) is 24.5 Å². The molecule has 0 aliphatic carbocycles. The summed E-state index contributed by atoms with van der Waals surface area (Å²) in [5.41, 5.74) is -2.10. The molecule has 0 aromatic heterocycles. The number of aliphatic hydroxyl groups is 5. The normalized spacial score (nSPS) is 50.9. The van der Waals surface area contributed by atoms with Crippen molar-refractivity contribution in [2.75, 3.05) is 13.7 Å². The molecule has 23 heavy (non-hydrogen) atoms. The fraction of sp³-hybridized carbons (Fsp3) is 0.923. The van der Waals surface area contributed by atoms with Gasteiger partial charge in [-0.1, -0.05) is 0 Å². The van der Waals surface area contributed by atoms with Crippen LogP contribution in [0, 0.1) is 0 Å². The van der Waals surface area contributed by atoms with Crippen molar-refractivity contribution < 1.29 is 44.5 Å². The minimum atomic E-state index is -2.10. The predicted molar refractivity (Wildman–Crippen MR) is 73.0 cm³/mol. The van der Waals surface area contributed by atoms with Gasteiger partial charge in [0.25, 0.3) is 0 Å². The molecule has 0 bridgehead atoms. The second kappa shape index (κ2) is 7.05. The van der Waals surface area contributed by atoms with Crippen molar-refractivity contribution in [3.63, 3.8) is 0 Å². The Kier molecular flexibility index (Phi) is 5.72. The lowest BCUT2D eigenvalue weighted by Gasteiger charge is -2.43. The summed E-state index contributed by atoms with van der Waals surface area (Å²) in [5.74, 6) is 0. The van der Waals surface area contributed by atoms with Crippen LogP contribution >= 0.6 is 0 Å². The molecule has 9 atom stereocenters. The number of rotatable bonds is 5. The highest BCUT2D eigenvalue weighted by Crippen LogP contribution is 2.33. The maximum absolute atomic E-state index is 11.2. The molecule has 0 spiro atoms. The summed E-state index contributed by atoms with van der Waals surface area (Å²) in [6.45, 7) is 0.819. The second-order valence-electron chi connectivity index (χ2n) is 5.75. The first-order valence-electron chi connectivity index (χ1n) is 7.27. The Morgan fingerprint density at radius 1 is 1.26 bits per heavy atom. The summed E-state index contributed by atoms with van der Waals surface area (Å²) >= 11 is 0. The number of aldehydes is 1. The summed E-state index contributed by atoms with van der Waals surface area (Å²) in [7, 11) is 1.48. The van der Waals surface area contributed by atoms with Crippen LogP contribution in [0.5, 0.6) is 0 Å². The molecule has 2 rings (SSSR count). The molecule has 0 aromatic carbocycles. The number of ether oxygens (including phenoxy) is 3. The first-order chi connectivity index (χ1) is 10.8. The Bertz CT molecular complexity index is 424. The minimum Gasteiger partial charge on any atom is -0.394 e. The molecule has 2 aliphatic rings. The maximum atomic E-state index is 11.2. The van der Waals surface area contributed by atoms with Crippen LogP contribution in [0.2, 0.25) is 0 Å². The molecule has 10 heteroatoms. The highest BCUT2D eigenvalue weighted by Gasteiger charge is 2.57. The zero-order valence-electron chi connectivity index (χ0n) is 12.8. The van der Waals surface area contributed by atoms with Crippen LogP contribution in [0.15, 0.2) is 0 Å². The van der Waals surface area contributed by atoms with E-state index < -0.39 is 61.3 Å². The third-order valence-electron chi connectivity index (χ3n) is 4.39. The van der Waals surface area contributed by atoms with Crippen molar-refractivity contribution in [2.24, 2.45) is 0 Å². The third kappa shape index (κ3) is 3.14. The molecular weight excluding hydrogens is 314 g/mol. The van der Waals surface area contributed by atoms with Crippen molar-refractivity contribution in [1.29, 1.82) is 0 Å². The van der Waals surface area contributed by atoms with Gasteiger partial charge in [0, 0.05) is 0 Å². The first kappa shape index (κ1) is 18.6. The van der Waals surface area contributed by atoms with E-state index in [1.165, 1.54) is 14.0 Å². The molecule has 0 amide bonds. The molecule has 2 heterocycles. The fourth-order valence-electron chi connectivity index (χ4n) is 2.84. The van der Waals surface area contributed by atoms with Gasteiger partial charge in [-0.3, -0.25) is 4.79 Å². The van der Waals surface area contributed by atoms with Gasteiger partial charge in [0.05, 0.1) is 18.8 Å². The smallest absolute Gasteiger partial charge is 0.185 e. The molecule has 10 nitrogen and oxygen atoms in total. The van der Waals surface area contributed by atoms with E-state index in [0.717, 1.165) is 0 Å². The molecule has 0 radical (unpaired) electrons. The Balaban J connectivity index is 2.20. The number of likely N-dealkylation sites (N-methyl/N-ethyl adjacent to an activating group) is 1. The van der Waals surface area contributed by atoms with Crippen LogP contribution in [0.4, 0.5) is 0 Å². The van der Waals surface area contributed by atoms with E-state index in [1.807, 2.05) is 0 Å². The SMILES string of the molecule is CN[C@@H]1[C@H](O[C@H]2[C@H](O)O[C@@H](C)[C@]2(O)C=O)O[C@@H](CO)[C@H](O)[C@H]1O. The average molecular weight is 337 g/mol.